The fourth-order valence-corrected chi connectivity index (χ4v) is 1.17. The van der Waals surface area contributed by atoms with Crippen LogP contribution in [0.5, 0.6) is 0 Å². The number of hydrogen-bond donors (Lipinski definition) is 0. The van der Waals surface area contributed by atoms with Gasteiger partial charge in [0, 0.05) is 12.8 Å². The van der Waals surface area contributed by atoms with E-state index < -0.39 is 42.6 Å². The van der Waals surface area contributed by atoms with Crippen LogP contribution < -0.4 is 0 Å². The van der Waals surface area contributed by atoms with E-state index in [1.165, 1.54) is 0 Å². The van der Waals surface area contributed by atoms with Gasteiger partial charge in [-0.2, -0.15) is 30.7 Å². The number of esters is 1. The molecule has 0 saturated carbocycles. The molecule has 0 bridgehead atoms. The van der Waals surface area contributed by atoms with Gasteiger partial charge in [-0.15, -0.1) is 0 Å². The van der Waals surface area contributed by atoms with Crippen LogP contribution in [-0.4, -0.2) is 36.9 Å². The van der Waals surface area contributed by atoms with Gasteiger partial charge in [0.05, 0.1) is 7.11 Å². The molecule has 0 atom stereocenters. The number of hydrogen-bond acceptors (Lipinski definition) is 3. The number of ketones is 1. The predicted molar refractivity (Wildman–Crippen MR) is 51.4 cm³/mol. The summed E-state index contributed by atoms with van der Waals surface area (Å²) in [5.74, 6) is -15.5. The molecule has 10 heteroatoms. The Hall–Kier alpha value is -1.35. The molecule has 0 aromatic carbocycles. The second-order valence-corrected chi connectivity index (χ2v) is 3.85. The van der Waals surface area contributed by atoms with Crippen molar-refractivity contribution in [3.8, 4) is 0 Å². The molecule has 20 heavy (non-hydrogen) atoms. The Labute approximate surface area is 109 Å². The number of methoxy groups -OCH3 is 1. The molecule has 3 nitrogen and oxygen atoms in total. The maximum atomic E-state index is 12.8. The molecule has 0 fully saturated rings. The Kier molecular flexibility index (Phi) is 5.97. The van der Waals surface area contributed by atoms with E-state index in [-0.39, 0.29) is 12.8 Å². The number of carbonyl (C=O) groups excluding carboxylic acids is 2. The monoisotopic (exact) mass is 312 g/mol. The van der Waals surface area contributed by atoms with Gasteiger partial charge in [0.15, 0.2) is 0 Å². The molecule has 0 saturated heterocycles. The van der Waals surface area contributed by atoms with E-state index >= 15 is 0 Å². The van der Waals surface area contributed by atoms with Crippen molar-refractivity contribution in [3.05, 3.63) is 0 Å². The minimum atomic E-state index is -6.53. The maximum Gasteiger partial charge on any atom is 0.460 e. The van der Waals surface area contributed by atoms with Crippen LogP contribution in [-0.2, 0) is 14.3 Å². The number of unbranched alkanes of at least 4 members (excludes halogenated alkanes) is 1. The van der Waals surface area contributed by atoms with Gasteiger partial charge in [0.25, 0.3) is 0 Å². The Morgan fingerprint density at radius 2 is 1.35 bits per heavy atom. The topological polar surface area (TPSA) is 43.4 Å². The van der Waals surface area contributed by atoms with Crippen LogP contribution in [0.4, 0.5) is 30.7 Å². The summed E-state index contributed by atoms with van der Waals surface area (Å²) in [6, 6.07) is 0. The maximum absolute atomic E-state index is 12.8. The van der Waals surface area contributed by atoms with E-state index in [1.54, 1.807) is 0 Å². The van der Waals surface area contributed by atoms with E-state index in [4.69, 9.17) is 0 Å². The van der Waals surface area contributed by atoms with Gasteiger partial charge in [-0.1, -0.05) is 0 Å². The first kappa shape index (κ1) is 18.7. The van der Waals surface area contributed by atoms with E-state index in [0.29, 0.717) is 0 Å². The van der Waals surface area contributed by atoms with Crippen molar-refractivity contribution in [1.82, 2.24) is 0 Å². The summed E-state index contributed by atoms with van der Waals surface area (Å²) < 4.78 is 90.2. The Bertz CT molecular complexity index is 362. The first-order valence-corrected chi connectivity index (χ1v) is 5.30. The molecule has 0 N–H and O–H groups in total. The standard InChI is InChI=1S/C10H11F7O3/c1-20-7(19)5-3-2-4-6(18)8(11,12)9(13,14)10(15,16)17/h2-5H2,1H3. The van der Waals surface area contributed by atoms with E-state index in [0.717, 1.165) is 7.11 Å². The highest BCUT2D eigenvalue weighted by Crippen LogP contribution is 2.47. The minimum Gasteiger partial charge on any atom is -0.469 e. The molecular formula is C10H11F7O3. The molecule has 118 valence electrons. The summed E-state index contributed by atoms with van der Waals surface area (Å²) >= 11 is 0. The number of halogens is 7. The first-order valence-electron chi connectivity index (χ1n) is 5.30. The van der Waals surface area contributed by atoms with Crippen molar-refractivity contribution >= 4 is 11.8 Å². The van der Waals surface area contributed by atoms with Crippen LogP contribution in [0.1, 0.15) is 25.7 Å². The molecule has 0 aliphatic heterocycles. The lowest BCUT2D eigenvalue weighted by molar-refractivity contribution is -0.343. The van der Waals surface area contributed by atoms with Gasteiger partial charge in [-0.25, -0.2) is 0 Å². The summed E-state index contributed by atoms with van der Waals surface area (Å²) in [6.07, 6.45) is -8.57. The van der Waals surface area contributed by atoms with E-state index in [9.17, 15) is 40.3 Å². The van der Waals surface area contributed by atoms with Gasteiger partial charge in [-0.05, 0) is 12.8 Å². The zero-order valence-corrected chi connectivity index (χ0v) is 10.2. The highest BCUT2D eigenvalue weighted by molar-refractivity contribution is 5.86. The van der Waals surface area contributed by atoms with Crippen molar-refractivity contribution in [2.24, 2.45) is 0 Å². The smallest absolute Gasteiger partial charge is 0.460 e. The lowest BCUT2D eigenvalue weighted by Crippen LogP contribution is -2.56. The Balaban J connectivity index is 4.57. The second kappa shape index (κ2) is 6.40. The van der Waals surface area contributed by atoms with Gasteiger partial charge < -0.3 is 4.74 Å². The van der Waals surface area contributed by atoms with Crippen molar-refractivity contribution in [2.75, 3.05) is 7.11 Å². The zero-order chi connectivity index (χ0) is 16.2. The largest absolute Gasteiger partial charge is 0.469 e. The highest BCUT2D eigenvalue weighted by atomic mass is 19.4. The lowest BCUT2D eigenvalue weighted by atomic mass is 10.0. The van der Waals surface area contributed by atoms with E-state index in [1.807, 2.05) is 0 Å². The average molecular weight is 312 g/mol. The first-order chi connectivity index (χ1) is 8.88. The van der Waals surface area contributed by atoms with Crippen LogP contribution in [0, 0.1) is 0 Å². The number of Topliss-reactive ketones (excluding diaryl/α,β-unsaturated/α-hetero) is 1. The molecule has 0 heterocycles. The van der Waals surface area contributed by atoms with Crippen LogP contribution in [0.25, 0.3) is 0 Å². The second-order valence-electron chi connectivity index (χ2n) is 3.85. The minimum absolute atomic E-state index is 0.147. The Morgan fingerprint density at radius 3 is 1.75 bits per heavy atom. The summed E-state index contributed by atoms with van der Waals surface area (Å²) in [4.78, 5) is 21.4. The van der Waals surface area contributed by atoms with Crippen LogP contribution in [0.3, 0.4) is 0 Å². The molecule has 0 aliphatic carbocycles. The summed E-state index contributed by atoms with van der Waals surface area (Å²) in [7, 11) is 1.05. The SMILES string of the molecule is COC(=O)CCCCC(=O)C(F)(F)C(F)(F)C(F)(F)F. The third-order valence-corrected chi connectivity index (χ3v) is 2.36. The molecule has 0 spiro atoms. The van der Waals surface area contributed by atoms with Crippen molar-refractivity contribution in [1.29, 1.82) is 0 Å². The van der Waals surface area contributed by atoms with Gasteiger partial charge in [-0.3, -0.25) is 9.59 Å². The molecule has 0 amide bonds. The molecule has 0 aromatic rings. The Morgan fingerprint density at radius 1 is 0.900 bits per heavy atom. The summed E-state index contributed by atoms with van der Waals surface area (Å²) in [5.41, 5.74) is 0. The molecular weight excluding hydrogens is 301 g/mol. The summed E-state index contributed by atoms with van der Waals surface area (Å²) in [6.45, 7) is 0. The number of carbonyl (C=O) groups is 2. The fourth-order valence-electron chi connectivity index (χ4n) is 1.17. The van der Waals surface area contributed by atoms with Gasteiger partial charge in [0.2, 0.25) is 5.78 Å². The normalized spacial score (nSPS) is 13.2. The zero-order valence-electron chi connectivity index (χ0n) is 10.2. The molecule has 0 aromatic heterocycles. The summed E-state index contributed by atoms with van der Waals surface area (Å²) in [5, 5.41) is 0. The predicted octanol–water partition coefficient (Wildman–Crippen LogP) is 3.12. The van der Waals surface area contributed by atoms with Gasteiger partial charge in [0.1, 0.15) is 0 Å². The molecule has 0 unspecified atom stereocenters. The number of rotatable bonds is 7. The lowest BCUT2D eigenvalue weighted by Gasteiger charge is -2.26. The molecule has 0 radical (unpaired) electrons. The van der Waals surface area contributed by atoms with Crippen molar-refractivity contribution in [3.63, 3.8) is 0 Å². The number of ether oxygens (including phenoxy) is 1. The van der Waals surface area contributed by atoms with Crippen molar-refractivity contribution in [2.45, 2.75) is 43.7 Å². The highest BCUT2D eigenvalue weighted by Gasteiger charge is 2.75. The fraction of sp³-hybridized carbons (Fsp3) is 0.800. The van der Waals surface area contributed by atoms with Gasteiger partial charge >= 0.3 is 24.0 Å². The quantitative estimate of drug-likeness (QED) is 0.412. The third-order valence-electron chi connectivity index (χ3n) is 2.36. The third kappa shape index (κ3) is 4.07. The number of alkyl halides is 7. The van der Waals surface area contributed by atoms with Crippen molar-refractivity contribution < 1.29 is 45.1 Å². The van der Waals surface area contributed by atoms with Crippen LogP contribution >= 0.6 is 0 Å². The van der Waals surface area contributed by atoms with Crippen LogP contribution in [0.15, 0.2) is 0 Å². The van der Waals surface area contributed by atoms with Crippen LogP contribution in [0.2, 0.25) is 0 Å². The molecule has 0 aliphatic rings. The average Bonchev–Trinajstić information content (AvgIpc) is 2.32. The molecule has 0 rings (SSSR count). The van der Waals surface area contributed by atoms with E-state index in [2.05, 4.69) is 4.74 Å².